The van der Waals surface area contributed by atoms with E-state index in [2.05, 4.69) is 39.1 Å². The second-order valence-corrected chi connectivity index (χ2v) is 6.06. The van der Waals surface area contributed by atoms with Crippen molar-refractivity contribution >= 4 is 38.4 Å². The summed E-state index contributed by atoms with van der Waals surface area (Å²) in [5.41, 5.74) is 2.03. The van der Waals surface area contributed by atoms with Crippen LogP contribution in [0.4, 0.5) is 5.82 Å². The average molecular weight is 288 g/mol. The predicted molar refractivity (Wildman–Crippen MR) is 89.6 cm³/mol. The van der Waals surface area contributed by atoms with E-state index in [1.54, 1.807) is 6.33 Å². The number of rotatable bonds is 1. The minimum absolute atomic E-state index is 1.01. The van der Waals surface area contributed by atoms with Gasteiger partial charge < -0.3 is 4.90 Å². The Labute approximate surface area is 128 Å². The van der Waals surface area contributed by atoms with Gasteiger partial charge in [-0.2, -0.15) is 0 Å². The van der Waals surface area contributed by atoms with E-state index in [1.807, 2.05) is 6.20 Å². The largest absolute Gasteiger partial charge is 0.356 e. The molecule has 2 aromatic heterocycles. The van der Waals surface area contributed by atoms with Crippen molar-refractivity contribution in [1.29, 1.82) is 0 Å². The Kier molecular flexibility index (Phi) is 2.47. The summed E-state index contributed by atoms with van der Waals surface area (Å²) in [6, 6.07) is 8.45. The number of piperidine rings is 1. The van der Waals surface area contributed by atoms with Gasteiger partial charge in [0.2, 0.25) is 0 Å². The van der Waals surface area contributed by atoms with Crippen molar-refractivity contribution < 1.29 is 0 Å². The van der Waals surface area contributed by atoms with Gasteiger partial charge in [0.25, 0.3) is 0 Å². The van der Waals surface area contributed by atoms with E-state index in [0.717, 1.165) is 35.3 Å². The van der Waals surface area contributed by atoms with E-state index in [-0.39, 0.29) is 0 Å². The first kappa shape index (κ1) is 12.1. The van der Waals surface area contributed by atoms with Crippen LogP contribution in [0.1, 0.15) is 19.3 Å². The van der Waals surface area contributed by atoms with Crippen LogP contribution >= 0.6 is 0 Å². The zero-order valence-corrected chi connectivity index (χ0v) is 12.3. The Balaban J connectivity index is 1.89. The molecule has 3 heterocycles. The number of anilines is 1. The first-order chi connectivity index (χ1) is 10.9. The molecule has 0 atom stereocenters. The molecule has 1 fully saturated rings. The molecule has 108 valence electrons. The minimum atomic E-state index is 1.01. The summed E-state index contributed by atoms with van der Waals surface area (Å²) >= 11 is 0. The van der Waals surface area contributed by atoms with Crippen LogP contribution in [0.2, 0.25) is 0 Å². The maximum atomic E-state index is 4.77. The highest BCUT2D eigenvalue weighted by molar-refractivity contribution is 6.23. The number of aromatic nitrogens is 3. The molecule has 22 heavy (non-hydrogen) atoms. The fourth-order valence-electron chi connectivity index (χ4n) is 3.71. The monoisotopic (exact) mass is 288 g/mol. The Hall–Kier alpha value is -2.49. The van der Waals surface area contributed by atoms with E-state index >= 15 is 0 Å². The van der Waals surface area contributed by atoms with E-state index in [1.165, 1.54) is 35.4 Å². The fraction of sp³-hybridized carbons (Fsp3) is 0.278. The van der Waals surface area contributed by atoms with Crippen molar-refractivity contribution in [3.63, 3.8) is 0 Å². The highest BCUT2D eigenvalue weighted by Gasteiger charge is 2.18. The summed E-state index contributed by atoms with van der Waals surface area (Å²) in [5.74, 6) is 1.12. The van der Waals surface area contributed by atoms with E-state index in [0.29, 0.717) is 0 Å². The minimum Gasteiger partial charge on any atom is -0.356 e. The topological polar surface area (TPSA) is 41.9 Å². The molecular weight excluding hydrogens is 272 g/mol. The molecule has 0 bridgehead atoms. The summed E-state index contributed by atoms with van der Waals surface area (Å²) in [6.07, 6.45) is 7.49. The van der Waals surface area contributed by atoms with Crippen LogP contribution in [0.25, 0.3) is 32.6 Å². The van der Waals surface area contributed by atoms with Crippen LogP contribution < -0.4 is 4.90 Å². The zero-order chi connectivity index (χ0) is 14.5. The van der Waals surface area contributed by atoms with Gasteiger partial charge in [0.1, 0.15) is 12.1 Å². The third kappa shape index (κ3) is 1.61. The van der Waals surface area contributed by atoms with Crippen LogP contribution in [0.15, 0.2) is 36.8 Å². The lowest BCUT2D eigenvalue weighted by molar-refractivity contribution is 0.575. The molecule has 0 radical (unpaired) electrons. The van der Waals surface area contributed by atoms with Crippen molar-refractivity contribution in [3.8, 4) is 0 Å². The molecule has 0 unspecified atom stereocenters. The molecule has 4 aromatic rings. The Morgan fingerprint density at radius 2 is 1.55 bits per heavy atom. The van der Waals surface area contributed by atoms with Gasteiger partial charge in [-0.15, -0.1) is 0 Å². The average Bonchev–Trinajstić information content (AvgIpc) is 2.60. The summed E-state index contributed by atoms with van der Waals surface area (Å²) in [5, 5.41) is 4.82. The van der Waals surface area contributed by atoms with Gasteiger partial charge in [-0.3, -0.25) is 0 Å². The number of hydrogen-bond donors (Lipinski definition) is 0. The van der Waals surface area contributed by atoms with Crippen LogP contribution in [-0.4, -0.2) is 28.0 Å². The zero-order valence-electron chi connectivity index (χ0n) is 12.3. The second-order valence-electron chi connectivity index (χ2n) is 6.06. The normalized spacial score (nSPS) is 16.1. The molecule has 1 aliphatic heterocycles. The fourth-order valence-corrected chi connectivity index (χ4v) is 3.71. The Morgan fingerprint density at radius 3 is 2.36 bits per heavy atom. The van der Waals surface area contributed by atoms with Crippen molar-refractivity contribution in [2.75, 3.05) is 18.0 Å². The SMILES string of the molecule is c1nc2ccc3cnc(N4CCCCC4)c4ccc(n1)c2c34. The molecule has 0 aliphatic carbocycles. The van der Waals surface area contributed by atoms with Gasteiger partial charge in [-0.05, 0) is 37.5 Å². The highest BCUT2D eigenvalue weighted by Crippen LogP contribution is 2.36. The summed E-state index contributed by atoms with van der Waals surface area (Å²) < 4.78 is 0. The predicted octanol–water partition coefficient (Wildman–Crippen LogP) is 3.76. The molecule has 0 saturated carbocycles. The second kappa shape index (κ2) is 4.50. The lowest BCUT2D eigenvalue weighted by Crippen LogP contribution is -2.30. The quantitative estimate of drug-likeness (QED) is 0.500. The third-order valence-corrected chi connectivity index (χ3v) is 4.76. The van der Waals surface area contributed by atoms with Crippen molar-refractivity contribution in [3.05, 3.63) is 36.8 Å². The third-order valence-electron chi connectivity index (χ3n) is 4.76. The first-order valence-electron chi connectivity index (χ1n) is 7.91. The molecule has 0 amide bonds. The van der Waals surface area contributed by atoms with Gasteiger partial charge in [-0.25, -0.2) is 15.0 Å². The van der Waals surface area contributed by atoms with Gasteiger partial charge in [0.05, 0.1) is 11.0 Å². The summed E-state index contributed by atoms with van der Waals surface area (Å²) in [6.45, 7) is 2.21. The molecular formula is C18H16N4. The Bertz CT molecular complexity index is 957. The molecule has 0 N–H and O–H groups in total. The smallest absolute Gasteiger partial charge is 0.136 e. The van der Waals surface area contributed by atoms with Gasteiger partial charge in [0, 0.05) is 40.8 Å². The molecule has 1 saturated heterocycles. The molecule has 5 rings (SSSR count). The van der Waals surface area contributed by atoms with Crippen molar-refractivity contribution in [2.24, 2.45) is 0 Å². The molecule has 0 spiro atoms. The molecule has 4 heteroatoms. The summed E-state index contributed by atoms with van der Waals surface area (Å²) in [7, 11) is 0. The number of benzene rings is 2. The molecule has 4 nitrogen and oxygen atoms in total. The maximum Gasteiger partial charge on any atom is 0.136 e. The number of hydrogen-bond acceptors (Lipinski definition) is 4. The standard InChI is InChI=1S/C18H16N4/c1-2-8-22(9-3-1)18-13-5-7-15-17-14(20-11-21-15)6-4-12(10-19-18)16(13)17/h4-7,10-11H,1-3,8-9H2. The van der Waals surface area contributed by atoms with Crippen molar-refractivity contribution in [1.82, 2.24) is 15.0 Å². The first-order valence-corrected chi connectivity index (χ1v) is 7.91. The molecule has 2 aromatic carbocycles. The van der Waals surface area contributed by atoms with E-state index in [9.17, 15) is 0 Å². The Morgan fingerprint density at radius 1 is 0.773 bits per heavy atom. The lowest BCUT2D eigenvalue weighted by Gasteiger charge is -2.29. The number of nitrogens with zero attached hydrogens (tertiary/aromatic N) is 4. The number of pyridine rings is 1. The van der Waals surface area contributed by atoms with E-state index < -0.39 is 0 Å². The maximum absolute atomic E-state index is 4.77. The van der Waals surface area contributed by atoms with E-state index in [4.69, 9.17) is 4.98 Å². The van der Waals surface area contributed by atoms with Gasteiger partial charge in [-0.1, -0.05) is 6.07 Å². The van der Waals surface area contributed by atoms with Crippen LogP contribution in [0.5, 0.6) is 0 Å². The lowest BCUT2D eigenvalue weighted by atomic mass is 9.99. The molecule has 1 aliphatic rings. The highest BCUT2D eigenvalue weighted by atomic mass is 15.2. The summed E-state index contributed by atoms with van der Waals surface area (Å²) in [4.78, 5) is 16.1. The van der Waals surface area contributed by atoms with Gasteiger partial charge in [0.15, 0.2) is 0 Å². The van der Waals surface area contributed by atoms with Gasteiger partial charge >= 0.3 is 0 Å². The van der Waals surface area contributed by atoms with Crippen LogP contribution in [0.3, 0.4) is 0 Å². The van der Waals surface area contributed by atoms with Crippen LogP contribution in [0, 0.1) is 0 Å². The van der Waals surface area contributed by atoms with Crippen molar-refractivity contribution in [2.45, 2.75) is 19.3 Å². The van der Waals surface area contributed by atoms with Crippen LogP contribution in [-0.2, 0) is 0 Å².